The summed E-state index contributed by atoms with van der Waals surface area (Å²) in [6.45, 7) is 2.35. The fraction of sp³-hybridized carbons (Fsp3) is 0.158. The molecule has 140 valence electrons. The van der Waals surface area contributed by atoms with Crippen molar-refractivity contribution in [1.82, 2.24) is 15.0 Å². The second kappa shape index (κ2) is 7.99. The number of carbonyl (C=O) groups is 1. The predicted molar refractivity (Wildman–Crippen MR) is 106 cm³/mol. The summed E-state index contributed by atoms with van der Waals surface area (Å²) in [5.41, 5.74) is 3.36. The van der Waals surface area contributed by atoms with Crippen molar-refractivity contribution >= 4 is 27.3 Å². The maximum atomic E-state index is 12.3. The highest BCUT2D eigenvalue weighted by Crippen LogP contribution is 2.21. The summed E-state index contributed by atoms with van der Waals surface area (Å²) in [6, 6.07) is 13.7. The Bertz CT molecular complexity index is 1040. The third kappa shape index (κ3) is 4.60. The predicted octanol–water partition coefficient (Wildman–Crippen LogP) is 2.96. The van der Waals surface area contributed by atoms with E-state index in [4.69, 9.17) is 0 Å². The second-order valence-electron chi connectivity index (χ2n) is 5.86. The highest BCUT2D eigenvalue weighted by Gasteiger charge is 2.12. The van der Waals surface area contributed by atoms with Crippen LogP contribution in [-0.2, 0) is 16.6 Å². The Morgan fingerprint density at radius 3 is 2.30 bits per heavy atom. The number of rotatable bonds is 6. The van der Waals surface area contributed by atoms with Crippen LogP contribution in [0.3, 0.4) is 0 Å². The lowest BCUT2D eigenvalue weighted by molar-refractivity contribution is 0.0951. The van der Waals surface area contributed by atoms with Crippen LogP contribution in [-0.4, -0.2) is 26.4 Å². The fourth-order valence-corrected chi connectivity index (χ4v) is 3.83. The van der Waals surface area contributed by atoms with Crippen molar-refractivity contribution in [2.24, 2.45) is 0 Å². The van der Waals surface area contributed by atoms with Crippen molar-refractivity contribution in [2.75, 3.05) is 7.05 Å². The number of hydrogen-bond donors (Lipinski definition) is 2. The van der Waals surface area contributed by atoms with Crippen molar-refractivity contribution in [3.63, 3.8) is 0 Å². The zero-order valence-electron chi connectivity index (χ0n) is 14.9. The number of aromatic nitrogens is 1. The van der Waals surface area contributed by atoms with Gasteiger partial charge in [0.2, 0.25) is 10.0 Å². The molecule has 2 N–H and O–H groups in total. The first-order valence-electron chi connectivity index (χ1n) is 8.22. The van der Waals surface area contributed by atoms with Crippen LogP contribution < -0.4 is 10.0 Å². The first-order chi connectivity index (χ1) is 12.9. The minimum absolute atomic E-state index is 0.120. The van der Waals surface area contributed by atoms with Crippen LogP contribution in [0.15, 0.2) is 58.8 Å². The summed E-state index contributed by atoms with van der Waals surface area (Å²) >= 11 is 1.61. The van der Waals surface area contributed by atoms with Crippen molar-refractivity contribution in [1.29, 1.82) is 0 Å². The smallest absolute Gasteiger partial charge is 0.251 e. The van der Waals surface area contributed by atoms with Gasteiger partial charge in [-0.15, -0.1) is 11.3 Å². The maximum Gasteiger partial charge on any atom is 0.251 e. The average molecular weight is 402 g/mol. The molecular formula is C19H19N3O3S2. The normalized spacial score (nSPS) is 11.3. The number of amides is 1. The van der Waals surface area contributed by atoms with Crippen LogP contribution in [0.1, 0.15) is 20.9 Å². The minimum Gasteiger partial charge on any atom is -0.348 e. The summed E-state index contributed by atoms with van der Waals surface area (Å²) in [5, 5.41) is 5.87. The van der Waals surface area contributed by atoms with E-state index in [-0.39, 0.29) is 10.8 Å². The average Bonchev–Trinajstić information content (AvgIpc) is 3.13. The lowest BCUT2D eigenvalue weighted by Crippen LogP contribution is -2.23. The van der Waals surface area contributed by atoms with Crippen molar-refractivity contribution in [3.8, 4) is 11.3 Å². The third-order valence-electron chi connectivity index (χ3n) is 4.02. The molecule has 0 aliphatic carbocycles. The number of benzene rings is 2. The van der Waals surface area contributed by atoms with E-state index in [1.165, 1.54) is 31.3 Å². The van der Waals surface area contributed by atoms with E-state index < -0.39 is 10.0 Å². The highest BCUT2D eigenvalue weighted by atomic mass is 32.2. The van der Waals surface area contributed by atoms with Gasteiger partial charge in [0.15, 0.2) is 0 Å². The van der Waals surface area contributed by atoms with Crippen LogP contribution in [0.25, 0.3) is 11.3 Å². The second-order valence-corrected chi connectivity index (χ2v) is 8.81. The molecule has 0 fully saturated rings. The molecule has 3 aromatic rings. The molecule has 0 atom stereocenters. The van der Waals surface area contributed by atoms with Gasteiger partial charge >= 0.3 is 0 Å². The van der Waals surface area contributed by atoms with Gasteiger partial charge in [0.25, 0.3) is 5.91 Å². The van der Waals surface area contributed by atoms with E-state index in [1.54, 1.807) is 11.3 Å². The van der Waals surface area contributed by atoms with Gasteiger partial charge in [-0.05, 0) is 43.8 Å². The van der Waals surface area contributed by atoms with E-state index in [0.29, 0.717) is 12.1 Å². The molecule has 2 aromatic carbocycles. The molecule has 8 heteroatoms. The quantitative estimate of drug-likeness (QED) is 0.665. The van der Waals surface area contributed by atoms with E-state index in [0.717, 1.165) is 21.8 Å². The zero-order valence-corrected chi connectivity index (χ0v) is 16.5. The van der Waals surface area contributed by atoms with Gasteiger partial charge < -0.3 is 5.32 Å². The molecule has 0 unspecified atom stereocenters. The first-order valence-corrected chi connectivity index (χ1v) is 10.6. The lowest BCUT2D eigenvalue weighted by Gasteiger charge is -2.07. The van der Waals surface area contributed by atoms with E-state index >= 15 is 0 Å². The highest BCUT2D eigenvalue weighted by molar-refractivity contribution is 7.89. The van der Waals surface area contributed by atoms with Gasteiger partial charge in [0, 0.05) is 23.1 Å². The van der Waals surface area contributed by atoms with Gasteiger partial charge in [0.05, 0.1) is 15.6 Å². The molecule has 0 aliphatic heterocycles. The standard InChI is InChI=1S/C19H19N3O3S2/c1-13-22-18(12-26-13)15-5-3-14(4-6-15)11-21-19(23)16-7-9-17(10-8-16)27(24,25)20-2/h3-10,12,20H,11H2,1-2H3,(H,21,23). The SMILES string of the molecule is CNS(=O)(=O)c1ccc(C(=O)NCc2ccc(-c3csc(C)n3)cc2)cc1. The fourth-order valence-electron chi connectivity index (χ4n) is 2.48. The molecule has 1 amide bonds. The Balaban J connectivity index is 1.62. The molecule has 0 aliphatic rings. The van der Waals surface area contributed by atoms with Gasteiger partial charge in [-0.1, -0.05) is 24.3 Å². The largest absolute Gasteiger partial charge is 0.348 e. The molecule has 0 bridgehead atoms. The third-order valence-corrected chi connectivity index (χ3v) is 6.22. The monoisotopic (exact) mass is 401 g/mol. The molecule has 0 spiro atoms. The van der Waals surface area contributed by atoms with Gasteiger partial charge in [-0.3, -0.25) is 4.79 Å². The van der Waals surface area contributed by atoms with E-state index in [1.807, 2.05) is 36.6 Å². The number of thiazole rings is 1. The summed E-state index contributed by atoms with van der Waals surface area (Å²) < 4.78 is 25.7. The summed E-state index contributed by atoms with van der Waals surface area (Å²) in [5.74, 6) is -0.261. The Labute approximate surface area is 162 Å². The molecular weight excluding hydrogens is 382 g/mol. The lowest BCUT2D eigenvalue weighted by atomic mass is 10.1. The summed E-state index contributed by atoms with van der Waals surface area (Å²) in [6.07, 6.45) is 0. The molecule has 1 aromatic heterocycles. The van der Waals surface area contributed by atoms with Crippen molar-refractivity contribution in [2.45, 2.75) is 18.4 Å². The van der Waals surface area contributed by atoms with Crippen molar-refractivity contribution < 1.29 is 13.2 Å². The van der Waals surface area contributed by atoms with Crippen LogP contribution in [0.5, 0.6) is 0 Å². The zero-order chi connectivity index (χ0) is 19.4. The van der Waals surface area contributed by atoms with Gasteiger partial charge in [-0.25, -0.2) is 18.1 Å². The minimum atomic E-state index is -3.51. The number of nitrogens with zero attached hydrogens (tertiary/aromatic N) is 1. The molecule has 0 saturated heterocycles. The Morgan fingerprint density at radius 1 is 1.07 bits per heavy atom. The maximum absolute atomic E-state index is 12.3. The first kappa shape index (κ1) is 19.2. The van der Waals surface area contributed by atoms with Crippen LogP contribution in [0.4, 0.5) is 0 Å². The van der Waals surface area contributed by atoms with E-state index in [9.17, 15) is 13.2 Å². The number of aryl methyl sites for hydroxylation is 1. The Hall–Kier alpha value is -2.55. The van der Waals surface area contributed by atoms with Crippen LogP contribution in [0, 0.1) is 6.92 Å². The van der Waals surface area contributed by atoms with Crippen LogP contribution in [0.2, 0.25) is 0 Å². The Kier molecular flexibility index (Phi) is 5.69. The summed E-state index contributed by atoms with van der Waals surface area (Å²) in [4.78, 5) is 16.8. The van der Waals surface area contributed by atoms with E-state index in [2.05, 4.69) is 15.0 Å². The van der Waals surface area contributed by atoms with Gasteiger partial charge in [-0.2, -0.15) is 0 Å². The van der Waals surface area contributed by atoms with Crippen molar-refractivity contribution in [3.05, 3.63) is 70.0 Å². The molecule has 1 heterocycles. The van der Waals surface area contributed by atoms with Gasteiger partial charge in [0.1, 0.15) is 0 Å². The molecule has 27 heavy (non-hydrogen) atoms. The molecule has 6 nitrogen and oxygen atoms in total. The molecule has 0 radical (unpaired) electrons. The Morgan fingerprint density at radius 2 is 1.74 bits per heavy atom. The van der Waals surface area contributed by atoms with Crippen LogP contribution >= 0.6 is 11.3 Å². The molecule has 0 saturated carbocycles. The number of nitrogens with one attached hydrogen (secondary N) is 2. The number of hydrogen-bond acceptors (Lipinski definition) is 5. The number of carbonyl (C=O) groups excluding carboxylic acids is 1. The number of sulfonamides is 1. The summed E-state index contributed by atoms with van der Waals surface area (Å²) in [7, 11) is -2.16. The topological polar surface area (TPSA) is 88.2 Å². The molecule has 3 rings (SSSR count).